The van der Waals surface area contributed by atoms with E-state index in [1.165, 1.54) is 0 Å². The number of methoxy groups -OCH3 is 1. The zero-order valence-corrected chi connectivity index (χ0v) is 21.6. The Labute approximate surface area is 217 Å². The summed E-state index contributed by atoms with van der Waals surface area (Å²) in [6, 6.07) is 13.2. The summed E-state index contributed by atoms with van der Waals surface area (Å²) in [7, 11) is 1.64. The summed E-state index contributed by atoms with van der Waals surface area (Å²) in [6.45, 7) is 5.53. The molecule has 0 aliphatic carbocycles. The monoisotopic (exact) mass is 504 g/mol. The van der Waals surface area contributed by atoms with Crippen molar-refractivity contribution in [3.05, 3.63) is 65.5 Å². The number of hydrogen-bond donors (Lipinski definition) is 5. The SMILES string of the molecule is CCc1nc(Nc2cccc(OC)c2)ncc1CNC1CCN(C(=O)c2ccc(N)c(NN)c2)[C@H](C)C1. The predicted octanol–water partition coefficient (Wildman–Crippen LogP) is 3.44. The third kappa shape index (κ3) is 6.28. The van der Waals surface area contributed by atoms with Gasteiger partial charge in [0.15, 0.2) is 0 Å². The van der Waals surface area contributed by atoms with Gasteiger partial charge in [0.25, 0.3) is 5.91 Å². The molecule has 1 aromatic heterocycles. The Morgan fingerprint density at radius 1 is 1.24 bits per heavy atom. The number of carbonyl (C=O) groups excluding carboxylic acids is 1. The molecule has 1 amide bonds. The molecule has 1 unspecified atom stereocenters. The highest BCUT2D eigenvalue weighted by molar-refractivity contribution is 5.96. The summed E-state index contributed by atoms with van der Waals surface area (Å²) in [5, 5.41) is 6.91. The molecule has 0 saturated carbocycles. The predicted molar refractivity (Wildman–Crippen MR) is 147 cm³/mol. The van der Waals surface area contributed by atoms with Crippen molar-refractivity contribution >= 4 is 28.9 Å². The molecule has 0 radical (unpaired) electrons. The van der Waals surface area contributed by atoms with E-state index in [1.807, 2.05) is 35.4 Å². The smallest absolute Gasteiger partial charge is 0.254 e. The summed E-state index contributed by atoms with van der Waals surface area (Å²) >= 11 is 0. The standard InChI is InChI=1S/C27H36N8O2/c1-4-24-19(16-31-27(33-24)32-21-6-5-7-22(14-21)37-3)15-30-20-10-11-35(17(2)12-20)26(36)18-8-9-23(28)25(13-18)34-29/h5-9,13-14,16-17,20,30,34H,4,10-12,15,28-29H2,1-3H3,(H,31,32,33)/t17-,20?/m1/s1. The molecule has 10 heteroatoms. The van der Waals surface area contributed by atoms with Crippen LogP contribution < -0.4 is 32.4 Å². The molecule has 1 fully saturated rings. The van der Waals surface area contributed by atoms with Crippen LogP contribution in [-0.2, 0) is 13.0 Å². The molecule has 2 aromatic carbocycles. The van der Waals surface area contributed by atoms with Crippen molar-refractivity contribution in [2.75, 3.05) is 30.1 Å². The molecule has 7 N–H and O–H groups in total. The van der Waals surface area contributed by atoms with Crippen molar-refractivity contribution in [1.29, 1.82) is 0 Å². The summed E-state index contributed by atoms with van der Waals surface area (Å²) in [4.78, 5) is 24.3. The normalized spacial score (nSPS) is 17.4. The number of nitrogens with zero attached hydrogens (tertiary/aromatic N) is 3. The minimum atomic E-state index is -0.0109. The van der Waals surface area contributed by atoms with Crippen molar-refractivity contribution in [3.63, 3.8) is 0 Å². The van der Waals surface area contributed by atoms with Gasteiger partial charge in [-0.3, -0.25) is 10.6 Å². The lowest BCUT2D eigenvalue weighted by Crippen LogP contribution is -2.49. The Balaban J connectivity index is 1.34. The van der Waals surface area contributed by atoms with E-state index in [4.69, 9.17) is 21.3 Å². The third-order valence-electron chi connectivity index (χ3n) is 6.79. The van der Waals surface area contributed by atoms with Crippen LogP contribution in [0.4, 0.5) is 23.0 Å². The highest BCUT2D eigenvalue weighted by Gasteiger charge is 2.29. The second-order valence-corrected chi connectivity index (χ2v) is 9.27. The number of nitrogens with two attached hydrogens (primary N) is 2. The van der Waals surface area contributed by atoms with Crippen LogP contribution in [0.2, 0.25) is 0 Å². The molecule has 1 saturated heterocycles. The van der Waals surface area contributed by atoms with Crippen molar-refractivity contribution in [3.8, 4) is 5.75 Å². The van der Waals surface area contributed by atoms with E-state index in [0.717, 1.165) is 42.0 Å². The molecule has 1 aliphatic rings. The Morgan fingerprint density at radius 2 is 2.08 bits per heavy atom. The quantitative estimate of drug-likeness (QED) is 0.168. The Morgan fingerprint density at radius 3 is 2.81 bits per heavy atom. The number of hydrogen-bond acceptors (Lipinski definition) is 9. The van der Waals surface area contributed by atoms with Crippen LogP contribution in [0.3, 0.4) is 0 Å². The fourth-order valence-corrected chi connectivity index (χ4v) is 4.68. The van der Waals surface area contributed by atoms with Crippen LogP contribution in [0, 0.1) is 0 Å². The van der Waals surface area contributed by atoms with E-state index < -0.39 is 0 Å². The fourth-order valence-electron chi connectivity index (χ4n) is 4.68. The first-order chi connectivity index (χ1) is 17.9. The van der Waals surface area contributed by atoms with Crippen LogP contribution in [-0.4, -0.2) is 46.5 Å². The van der Waals surface area contributed by atoms with Crippen LogP contribution >= 0.6 is 0 Å². The topological polar surface area (TPSA) is 143 Å². The van der Waals surface area contributed by atoms with E-state index in [1.54, 1.807) is 25.3 Å². The number of nitrogens with one attached hydrogen (secondary N) is 3. The van der Waals surface area contributed by atoms with Gasteiger partial charge in [0, 0.05) is 54.3 Å². The molecule has 0 spiro atoms. The number of nitrogen functional groups attached to an aromatic ring is 2. The van der Waals surface area contributed by atoms with E-state index in [-0.39, 0.29) is 11.9 Å². The van der Waals surface area contributed by atoms with Crippen molar-refractivity contribution < 1.29 is 9.53 Å². The number of likely N-dealkylation sites (tertiary alicyclic amines) is 1. The zero-order valence-electron chi connectivity index (χ0n) is 21.6. The molecule has 2 atom stereocenters. The number of piperidine rings is 1. The Hall–Kier alpha value is -3.89. The minimum Gasteiger partial charge on any atom is -0.497 e. The molecule has 37 heavy (non-hydrogen) atoms. The molecule has 196 valence electrons. The van der Waals surface area contributed by atoms with Gasteiger partial charge in [0.1, 0.15) is 5.75 Å². The number of anilines is 4. The first-order valence-corrected chi connectivity index (χ1v) is 12.6. The van der Waals surface area contributed by atoms with Crippen LogP contribution in [0.25, 0.3) is 0 Å². The van der Waals surface area contributed by atoms with Gasteiger partial charge in [0.05, 0.1) is 24.2 Å². The van der Waals surface area contributed by atoms with Gasteiger partial charge in [0.2, 0.25) is 5.95 Å². The number of ether oxygens (including phenoxy) is 1. The maximum atomic E-state index is 13.1. The second kappa shape index (κ2) is 11.9. The number of carbonyl (C=O) groups is 1. The maximum Gasteiger partial charge on any atom is 0.254 e. The highest BCUT2D eigenvalue weighted by Crippen LogP contribution is 2.25. The number of rotatable bonds is 9. The summed E-state index contributed by atoms with van der Waals surface area (Å²) < 4.78 is 5.29. The lowest BCUT2D eigenvalue weighted by atomic mass is 9.96. The molecule has 10 nitrogen and oxygen atoms in total. The van der Waals surface area contributed by atoms with Gasteiger partial charge in [-0.15, -0.1) is 0 Å². The summed E-state index contributed by atoms with van der Waals surface area (Å²) in [5.41, 5.74) is 13.0. The molecular weight excluding hydrogens is 468 g/mol. The number of aromatic nitrogens is 2. The average Bonchev–Trinajstić information content (AvgIpc) is 2.92. The van der Waals surface area contributed by atoms with Crippen LogP contribution in [0.15, 0.2) is 48.7 Å². The minimum absolute atomic E-state index is 0.0109. The molecular formula is C27H36N8O2. The van der Waals surface area contributed by atoms with Gasteiger partial charge in [-0.05, 0) is 56.5 Å². The first kappa shape index (κ1) is 26.2. The second-order valence-electron chi connectivity index (χ2n) is 9.27. The maximum absolute atomic E-state index is 13.1. The van der Waals surface area contributed by atoms with E-state index in [0.29, 0.717) is 42.0 Å². The number of benzene rings is 2. The molecule has 0 bridgehead atoms. The van der Waals surface area contributed by atoms with Gasteiger partial charge >= 0.3 is 0 Å². The molecule has 1 aliphatic heterocycles. The number of aryl methyl sites for hydroxylation is 1. The van der Waals surface area contributed by atoms with Gasteiger partial charge < -0.3 is 31.4 Å². The Kier molecular flexibility index (Phi) is 8.42. The molecule has 2 heterocycles. The lowest BCUT2D eigenvalue weighted by molar-refractivity contribution is 0.0602. The van der Waals surface area contributed by atoms with Crippen molar-refractivity contribution in [2.45, 2.75) is 51.7 Å². The van der Waals surface area contributed by atoms with E-state index in [9.17, 15) is 4.79 Å². The van der Waals surface area contributed by atoms with Crippen LogP contribution in [0.5, 0.6) is 5.75 Å². The van der Waals surface area contributed by atoms with Gasteiger partial charge in [-0.2, -0.15) is 0 Å². The molecule has 3 aromatic rings. The highest BCUT2D eigenvalue weighted by atomic mass is 16.5. The fraction of sp³-hybridized carbons (Fsp3) is 0.370. The van der Waals surface area contributed by atoms with Gasteiger partial charge in [-0.25, -0.2) is 9.97 Å². The summed E-state index contributed by atoms with van der Waals surface area (Å²) in [5.74, 6) is 6.84. The summed E-state index contributed by atoms with van der Waals surface area (Å²) in [6.07, 6.45) is 4.41. The van der Waals surface area contributed by atoms with Crippen molar-refractivity contribution in [2.24, 2.45) is 5.84 Å². The van der Waals surface area contributed by atoms with E-state index >= 15 is 0 Å². The zero-order chi connectivity index (χ0) is 26.4. The van der Waals surface area contributed by atoms with Crippen LogP contribution in [0.1, 0.15) is 48.3 Å². The van der Waals surface area contributed by atoms with Crippen molar-refractivity contribution in [1.82, 2.24) is 20.2 Å². The number of amides is 1. The lowest BCUT2D eigenvalue weighted by Gasteiger charge is -2.38. The first-order valence-electron chi connectivity index (χ1n) is 12.6. The molecule has 4 rings (SSSR count). The largest absolute Gasteiger partial charge is 0.497 e. The number of hydrazine groups is 1. The third-order valence-corrected chi connectivity index (χ3v) is 6.79. The van der Waals surface area contributed by atoms with E-state index in [2.05, 4.69) is 34.9 Å². The Bertz CT molecular complexity index is 1230. The van der Waals surface area contributed by atoms with Gasteiger partial charge in [-0.1, -0.05) is 13.0 Å². The average molecular weight is 505 g/mol.